The van der Waals surface area contributed by atoms with Crippen LogP contribution in [-0.2, 0) is 6.42 Å². The monoisotopic (exact) mass is 295 g/mol. The van der Waals surface area contributed by atoms with Crippen LogP contribution in [0.2, 0.25) is 0 Å². The van der Waals surface area contributed by atoms with Crippen LogP contribution in [0.5, 0.6) is 0 Å². The molecule has 0 aliphatic rings. The van der Waals surface area contributed by atoms with Gasteiger partial charge in [0.15, 0.2) is 5.69 Å². The first-order chi connectivity index (χ1) is 10.00. The fourth-order valence-electron chi connectivity index (χ4n) is 2.41. The molecule has 1 aromatic heterocycles. The van der Waals surface area contributed by atoms with Crippen molar-refractivity contribution in [2.75, 3.05) is 26.7 Å². The van der Waals surface area contributed by atoms with E-state index in [1.807, 2.05) is 6.92 Å². The third-order valence-electron chi connectivity index (χ3n) is 4.41. The topological polar surface area (TPSA) is 58.4 Å². The van der Waals surface area contributed by atoms with E-state index in [1.165, 1.54) is 0 Å². The van der Waals surface area contributed by atoms with Gasteiger partial charge in [-0.2, -0.15) is 0 Å². The number of hydrogen-bond donors (Lipinski definition) is 1. The number of carbonyl (C=O) groups excluding carboxylic acids is 1. The van der Waals surface area contributed by atoms with Crippen LogP contribution in [0.1, 0.15) is 56.8 Å². The second kappa shape index (κ2) is 8.17. The van der Waals surface area contributed by atoms with Crippen LogP contribution in [0.4, 0.5) is 0 Å². The van der Waals surface area contributed by atoms with Crippen molar-refractivity contribution in [1.29, 1.82) is 0 Å². The normalized spacial score (nSPS) is 11.9. The highest BCUT2D eigenvalue weighted by Gasteiger charge is 2.28. The molecule has 1 N–H and O–H groups in total. The molecule has 0 aliphatic carbocycles. The zero-order valence-electron chi connectivity index (χ0n) is 14.0. The van der Waals surface area contributed by atoms with Crippen molar-refractivity contribution in [3.8, 4) is 0 Å². The summed E-state index contributed by atoms with van der Waals surface area (Å²) >= 11 is 0. The Balaban J connectivity index is 2.65. The fraction of sp³-hybridized carbons (Fsp3) is 0.750. The second-order valence-corrected chi connectivity index (χ2v) is 5.75. The lowest BCUT2D eigenvalue weighted by Crippen LogP contribution is -2.44. The van der Waals surface area contributed by atoms with E-state index in [9.17, 15) is 4.79 Å². The van der Waals surface area contributed by atoms with Crippen LogP contribution in [-0.4, -0.2) is 42.6 Å². The van der Waals surface area contributed by atoms with Gasteiger partial charge in [-0.3, -0.25) is 4.79 Å². The molecular formula is C16H29N3O2. The predicted molar refractivity (Wildman–Crippen MR) is 84.4 cm³/mol. The Morgan fingerprint density at radius 3 is 2.48 bits per heavy atom. The minimum absolute atomic E-state index is 0.109. The third kappa shape index (κ3) is 4.84. The van der Waals surface area contributed by atoms with Gasteiger partial charge in [0.05, 0.1) is 0 Å². The molecule has 0 bridgehead atoms. The van der Waals surface area contributed by atoms with Crippen molar-refractivity contribution in [2.45, 2.75) is 47.0 Å². The molecule has 0 saturated carbocycles. The average Bonchev–Trinajstić information content (AvgIpc) is 3.00. The molecular weight excluding hydrogens is 266 g/mol. The number of amides is 1. The summed E-state index contributed by atoms with van der Waals surface area (Å²) in [5.41, 5.74) is 0.481. The smallest absolute Gasteiger partial charge is 0.273 e. The zero-order chi connectivity index (χ0) is 15.9. The molecule has 120 valence electrons. The summed E-state index contributed by atoms with van der Waals surface area (Å²) in [7, 11) is 2.12. The van der Waals surface area contributed by atoms with Crippen molar-refractivity contribution >= 4 is 5.91 Å². The van der Waals surface area contributed by atoms with Crippen molar-refractivity contribution in [2.24, 2.45) is 5.41 Å². The van der Waals surface area contributed by atoms with Gasteiger partial charge >= 0.3 is 0 Å². The average molecular weight is 295 g/mol. The molecule has 0 radical (unpaired) electrons. The van der Waals surface area contributed by atoms with Gasteiger partial charge in [0.2, 0.25) is 0 Å². The van der Waals surface area contributed by atoms with E-state index in [0.29, 0.717) is 12.2 Å². The van der Waals surface area contributed by atoms with Crippen molar-refractivity contribution in [1.82, 2.24) is 15.4 Å². The minimum atomic E-state index is -0.149. The molecule has 0 unspecified atom stereocenters. The Morgan fingerprint density at radius 2 is 2.00 bits per heavy atom. The summed E-state index contributed by atoms with van der Waals surface area (Å²) in [5.74, 6) is 0.590. The number of carbonyl (C=O) groups is 1. The molecule has 0 fully saturated rings. The molecule has 0 spiro atoms. The summed E-state index contributed by atoms with van der Waals surface area (Å²) in [5, 5.41) is 6.84. The van der Waals surface area contributed by atoms with Crippen molar-refractivity contribution < 1.29 is 9.32 Å². The number of rotatable bonds is 9. The quantitative estimate of drug-likeness (QED) is 0.761. The molecule has 21 heavy (non-hydrogen) atoms. The van der Waals surface area contributed by atoms with E-state index in [1.54, 1.807) is 6.07 Å². The van der Waals surface area contributed by atoms with Gasteiger partial charge in [0, 0.05) is 25.6 Å². The molecule has 1 amide bonds. The van der Waals surface area contributed by atoms with Crippen molar-refractivity contribution in [3.05, 3.63) is 17.5 Å². The highest BCUT2D eigenvalue weighted by molar-refractivity contribution is 5.92. The Hall–Kier alpha value is -1.36. The number of nitrogens with zero attached hydrogens (tertiary/aromatic N) is 2. The van der Waals surface area contributed by atoms with E-state index in [0.717, 1.165) is 38.1 Å². The maximum Gasteiger partial charge on any atom is 0.273 e. The van der Waals surface area contributed by atoms with Crippen LogP contribution >= 0.6 is 0 Å². The first kappa shape index (κ1) is 17.7. The van der Waals surface area contributed by atoms with Crippen LogP contribution in [0, 0.1) is 5.41 Å². The molecule has 1 rings (SSSR count). The van der Waals surface area contributed by atoms with Gasteiger partial charge in [-0.15, -0.1) is 0 Å². The largest absolute Gasteiger partial charge is 0.361 e. The lowest BCUT2D eigenvalue weighted by Gasteiger charge is -2.35. The van der Waals surface area contributed by atoms with Crippen molar-refractivity contribution in [3.63, 3.8) is 0 Å². The van der Waals surface area contributed by atoms with E-state index in [-0.39, 0.29) is 11.3 Å². The molecule has 1 aromatic rings. The summed E-state index contributed by atoms with van der Waals surface area (Å²) in [6, 6.07) is 1.72. The Bertz CT molecular complexity index is 438. The Labute approximate surface area is 128 Å². The van der Waals surface area contributed by atoms with Crippen LogP contribution in [0.25, 0.3) is 0 Å². The number of aromatic nitrogens is 1. The number of nitrogens with one attached hydrogen (secondary N) is 1. The van der Waals surface area contributed by atoms with E-state index >= 15 is 0 Å². The first-order valence-corrected chi connectivity index (χ1v) is 7.92. The summed E-state index contributed by atoms with van der Waals surface area (Å²) in [6.45, 7) is 11.2. The Morgan fingerprint density at radius 1 is 1.33 bits per heavy atom. The minimum Gasteiger partial charge on any atom is -0.361 e. The fourth-order valence-corrected chi connectivity index (χ4v) is 2.41. The van der Waals surface area contributed by atoms with Crippen LogP contribution in [0.3, 0.4) is 0 Å². The molecule has 1 heterocycles. The summed E-state index contributed by atoms with van der Waals surface area (Å²) < 4.78 is 5.08. The predicted octanol–water partition coefficient (Wildman–Crippen LogP) is 2.72. The van der Waals surface area contributed by atoms with Gasteiger partial charge < -0.3 is 14.7 Å². The molecule has 0 aliphatic heterocycles. The lowest BCUT2D eigenvalue weighted by molar-refractivity contribution is 0.0894. The lowest BCUT2D eigenvalue weighted by atomic mass is 9.81. The van der Waals surface area contributed by atoms with Crippen LogP contribution < -0.4 is 5.32 Å². The molecule has 5 heteroatoms. The van der Waals surface area contributed by atoms with Crippen LogP contribution in [0.15, 0.2) is 10.6 Å². The first-order valence-electron chi connectivity index (χ1n) is 7.92. The molecule has 5 nitrogen and oxygen atoms in total. The SMILES string of the molecule is CCc1cc(C(=O)NCC(CC)(CC)CN(C)CC)no1. The van der Waals surface area contributed by atoms with Gasteiger partial charge in [-0.05, 0) is 31.8 Å². The maximum absolute atomic E-state index is 12.2. The molecule has 0 aromatic carbocycles. The standard InChI is InChI=1S/C16H29N3O2/c1-6-13-10-14(18-21-13)15(20)17-11-16(7-2,8-3)12-19(5)9-4/h10H,6-9,11-12H2,1-5H3,(H,17,20). The van der Waals surface area contributed by atoms with E-state index in [4.69, 9.17) is 4.52 Å². The van der Waals surface area contributed by atoms with Gasteiger partial charge in [-0.1, -0.05) is 32.9 Å². The highest BCUT2D eigenvalue weighted by atomic mass is 16.5. The maximum atomic E-state index is 12.2. The summed E-state index contributed by atoms with van der Waals surface area (Å²) in [6.07, 6.45) is 2.82. The van der Waals surface area contributed by atoms with Gasteiger partial charge in [-0.25, -0.2) is 0 Å². The summed E-state index contributed by atoms with van der Waals surface area (Å²) in [4.78, 5) is 14.5. The third-order valence-corrected chi connectivity index (χ3v) is 4.41. The van der Waals surface area contributed by atoms with Gasteiger partial charge in [0.25, 0.3) is 5.91 Å². The molecule has 0 saturated heterocycles. The Kier molecular flexibility index (Phi) is 6.89. The zero-order valence-corrected chi connectivity index (χ0v) is 14.0. The number of hydrogen-bond acceptors (Lipinski definition) is 4. The molecule has 0 atom stereocenters. The van der Waals surface area contributed by atoms with E-state index in [2.05, 4.69) is 43.2 Å². The number of aryl methyl sites for hydroxylation is 1. The van der Waals surface area contributed by atoms with Gasteiger partial charge in [0.1, 0.15) is 5.76 Å². The second-order valence-electron chi connectivity index (χ2n) is 5.75. The highest BCUT2D eigenvalue weighted by Crippen LogP contribution is 2.26. The van der Waals surface area contributed by atoms with E-state index < -0.39 is 0 Å².